The van der Waals surface area contributed by atoms with Gasteiger partial charge in [0.2, 0.25) is 0 Å². The van der Waals surface area contributed by atoms with Crippen molar-refractivity contribution in [3.8, 4) is 0 Å². The highest BCUT2D eigenvalue weighted by molar-refractivity contribution is 7.10. The molecule has 18 heavy (non-hydrogen) atoms. The minimum absolute atomic E-state index is 0.213. The molecule has 0 saturated heterocycles. The van der Waals surface area contributed by atoms with Gasteiger partial charge in [-0.05, 0) is 11.4 Å². The van der Waals surface area contributed by atoms with Crippen molar-refractivity contribution in [1.29, 1.82) is 0 Å². The van der Waals surface area contributed by atoms with Gasteiger partial charge >= 0.3 is 12.3 Å². The van der Waals surface area contributed by atoms with Crippen LogP contribution in [0.25, 0.3) is 0 Å². The summed E-state index contributed by atoms with van der Waals surface area (Å²) in [7, 11) is 0. The number of nitrogens with one attached hydrogen (secondary N) is 1. The molecule has 0 unspecified atom stereocenters. The predicted molar refractivity (Wildman–Crippen MR) is 62.8 cm³/mol. The number of carbonyl (C=O) groups excluding carboxylic acids is 1. The van der Waals surface area contributed by atoms with E-state index in [9.17, 15) is 18.0 Å². The van der Waals surface area contributed by atoms with Crippen LogP contribution in [0.15, 0.2) is 17.5 Å². The Kier molecular flexibility index (Phi) is 4.61. The third-order valence-corrected chi connectivity index (χ3v) is 3.47. The second-order valence-electron chi connectivity index (χ2n) is 4.41. The van der Waals surface area contributed by atoms with E-state index in [2.05, 4.69) is 10.1 Å². The fraction of sp³-hybridized carbons (Fsp3) is 0.545. The van der Waals surface area contributed by atoms with Gasteiger partial charge in [0.1, 0.15) is 0 Å². The van der Waals surface area contributed by atoms with Gasteiger partial charge in [-0.15, -0.1) is 11.3 Å². The molecule has 0 saturated carbocycles. The first-order valence-electron chi connectivity index (χ1n) is 5.22. The maximum atomic E-state index is 11.8. The molecule has 0 aliphatic carbocycles. The van der Waals surface area contributed by atoms with Crippen molar-refractivity contribution in [2.45, 2.75) is 25.4 Å². The molecular formula is C11H14F3NO2S. The fourth-order valence-corrected chi connectivity index (χ4v) is 2.09. The second kappa shape index (κ2) is 5.60. The van der Waals surface area contributed by atoms with Crippen LogP contribution in [-0.4, -0.2) is 25.4 Å². The van der Waals surface area contributed by atoms with Crippen molar-refractivity contribution < 1.29 is 22.7 Å². The first-order valence-corrected chi connectivity index (χ1v) is 6.10. The van der Waals surface area contributed by atoms with E-state index in [4.69, 9.17) is 0 Å². The Labute approximate surface area is 107 Å². The van der Waals surface area contributed by atoms with Crippen LogP contribution in [0.5, 0.6) is 0 Å². The zero-order chi connectivity index (χ0) is 13.8. The van der Waals surface area contributed by atoms with Gasteiger partial charge in [-0.1, -0.05) is 19.9 Å². The van der Waals surface area contributed by atoms with Crippen molar-refractivity contribution in [2.24, 2.45) is 0 Å². The first kappa shape index (κ1) is 14.8. The molecule has 7 heteroatoms. The van der Waals surface area contributed by atoms with E-state index in [1.165, 1.54) is 11.3 Å². The Balaban J connectivity index is 2.39. The Morgan fingerprint density at radius 1 is 1.44 bits per heavy atom. The summed E-state index contributed by atoms with van der Waals surface area (Å²) in [5.74, 6) is 0. The minimum Gasteiger partial charge on any atom is -0.440 e. The molecule has 0 aromatic carbocycles. The average Bonchev–Trinajstić information content (AvgIpc) is 2.76. The van der Waals surface area contributed by atoms with Gasteiger partial charge in [0.15, 0.2) is 6.61 Å². The number of hydrogen-bond donors (Lipinski definition) is 1. The van der Waals surface area contributed by atoms with Gasteiger partial charge in [0, 0.05) is 16.8 Å². The summed E-state index contributed by atoms with van der Waals surface area (Å²) in [4.78, 5) is 12.1. The van der Waals surface area contributed by atoms with Crippen molar-refractivity contribution in [2.75, 3.05) is 13.2 Å². The number of ether oxygens (including phenoxy) is 1. The lowest BCUT2D eigenvalue weighted by molar-refractivity contribution is -0.160. The summed E-state index contributed by atoms with van der Waals surface area (Å²) in [5, 5.41) is 4.23. The monoisotopic (exact) mass is 281 g/mol. The van der Waals surface area contributed by atoms with Crippen LogP contribution in [0, 0.1) is 0 Å². The standard InChI is InChI=1S/C11H14F3NO2S/c1-10(2,8-4-3-5-18-8)6-15-9(16)17-7-11(12,13)14/h3-5H,6-7H2,1-2H3,(H,15,16). The number of alkyl carbamates (subject to hydrolysis) is 1. The number of alkyl halides is 3. The number of amides is 1. The molecule has 0 aliphatic rings. The van der Waals surface area contributed by atoms with Gasteiger partial charge in [-0.25, -0.2) is 4.79 Å². The quantitative estimate of drug-likeness (QED) is 0.919. The van der Waals surface area contributed by atoms with Crippen LogP contribution in [0.4, 0.5) is 18.0 Å². The SMILES string of the molecule is CC(C)(CNC(=O)OCC(F)(F)F)c1cccs1. The fourth-order valence-electron chi connectivity index (χ4n) is 1.24. The van der Waals surface area contributed by atoms with E-state index in [0.29, 0.717) is 0 Å². The summed E-state index contributed by atoms with van der Waals surface area (Å²) in [6.07, 6.45) is -5.56. The summed E-state index contributed by atoms with van der Waals surface area (Å²) in [6, 6.07) is 3.79. The molecule has 102 valence electrons. The zero-order valence-corrected chi connectivity index (χ0v) is 10.8. The van der Waals surface area contributed by atoms with Crippen molar-refractivity contribution >= 4 is 17.4 Å². The normalized spacial score (nSPS) is 12.3. The molecule has 1 aromatic heterocycles. The number of carbonyl (C=O) groups is 1. The number of hydrogen-bond acceptors (Lipinski definition) is 3. The largest absolute Gasteiger partial charge is 0.440 e. The van der Waals surface area contributed by atoms with Gasteiger partial charge in [-0.2, -0.15) is 13.2 Å². The lowest BCUT2D eigenvalue weighted by atomic mass is 9.91. The maximum absolute atomic E-state index is 11.8. The topological polar surface area (TPSA) is 38.3 Å². The summed E-state index contributed by atoms with van der Waals surface area (Å²) in [5.41, 5.74) is -0.342. The summed E-state index contributed by atoms with van der Waals surface area (Å²) in [6.45, 7) is 2.42. The highest BCUT2D eigenvalue weighted by atomic mass is 32.1. The highest BCUT2D eigenvalue weighted by Gasteiger charge is 2.30. The van der Waals surface area contributed by atoms with Crippen LogP contribution >= 0.6 is 11.3 Å². The van der Waals surface area contributed by atoms with Crippen LogP contribution < -0.4 is 5.32 Å². The van der Waals surface area contributed by atoms with Crippen molar-refractivity contribution in [3.63, 3.8) is 0 Å². The van der Waals surface area contributed by atoms with E-state index in [-0.39, 0.29) is 12.0 Å². The van der Waals surface area contributed by atoms with Crippen LogP contribution in [0.3, 0.4) is 0 Å². The van der Waals surface area contributed by atoms with Crippen molar-refractivity contribution in [1.82, 2.24) is 5.32 Å². The molecule has 0 aliphatic heterocycles. The van der Waals surface area contributed by atoms with Gasteiger partial charge in [0.05, 0.1) is 0 Å². The lowest BCUT2D eigenvalue weighted by Crippen LogP contribution is -2.37. The maximum Gasteiger partial charge on any atom is 0.422 e. The van der Waals surface area contributed by atoms with Crippen LogP contribution in [0.1, 0.15) is 18.7 Å². The molecule has 1 amide bonds. The Morgan fingerprint density at radius 3 is 2.61 bits per heavy atom. The number of thiophene rings is 1. The smallest absolute Gasteiger partial charge is 0.422 e. The Morgan fingerprint density at radius 2 is 2.11 bits per heavy atom. The van der Waals surface area contributed by atoms with Crippen LogP contribution in [-0.2, 0) is 10.2 Å². The van der Waals surface area contributed by atoms with Crippen LogP contribution in [0.2, 0.25) is 0 Å². The lowest BCUT2D eigenvalue weighted by Gasteiger charge is -2.23. The van der Waals surface area contributed by atoms with Gasteiger partial charge in [0.25, 0.3) is 0 Å². The number of rotatable bonds is 4. The third-order valence-electron chi connectivity index (χ3n) is 2.23. The first-order chi connectivity index (χ1) is 8.21. The minimum atomic E-state index is -4.50. The third kappa shape index (κ3) is 4.95. The molecular weight excluding hydrogens is 267 g/mol. The molecule has 1 rings (SSSR count). The molecule has 0 fully saturated rings. The van der Waals surface area contributed by atoms with E-state index in [1.807, 2.05) is 31.4 Å². The van der Waals surface area contributed by atoms with E-state index in [1.54, 1.807) is 0 Å². The number of halogens is 3. The molecule has 1 N–H and O–H groups in total. The second-order valence-corrected chi connectivity index (χ2v) is 5.35. The Bertz CT molecular complexity index is 387. The average molecular weight is 281 g/mol. The predicted octanol–water partition coefficient (Wildman–Crippen LogP) is 3.31. The molecule has 1 aromatic rings. The molecule has 0 bridgehead atoms. The molecule has 0 atom stereocenters. The van der Waals surface area contributed by atoms with E-state index in [0.717, 1.165) is 4.88 Å². The highest BCUT2D eigenvalue weighted by Crippen LogP contribution is 2.26. The van der Waals surface area contributed by atoms with Crippen molar-refractivity contribution in [3.05, 3.63) is 22.4 Å². The summed E-state index contributed by atoms with van der Waals surface area (Å²) < 4.78 is 39.5. The van der Waals surface area contributed by atoms with Gasteiger partial charge in [-0.3, -0.25) is 0 Å². The zero-order valence-electron chi connectivity index (χ0n) is 10.0. The molecule has 0 radical (unpaired) electrons. The van der Waals surface area contributed by atoms with E-state index < -0.39 is 18.9 Å². The molecule has 3 nitrogen and oxygen atoms in total. The van der Waals surface area contributed by atoms with Gasteiger partial charge < -0.3 is 10.1 Å². The summed E-state index contributed by atoms with van der Waals surface area (Å²) >= 11 is 1.53. The molecule has 1 heterocycles. The molecule has 0 spiro atoms. The van der Waals surface area contributed by atoms with E-state index >= 15 is 0 Å². The Hall–Kier alpha value is -1.24.